The summed E-state index contributed by atoms with van der Waals surface area (Å²) in [5.41, 5.74) is 9.08. The molecule has 3 aromatic rings. The van der Waals surface area contributed by atoms with Gasteiger partial charge < -0.3 is 21.1 Å². The summed E-state index contributed by atoms with van der Waals surface area (Å²) in [7, 11) is 1.85. The van der Waals surface area contributed by atoms with Gasteiger partial charge in [-0.25, -0.2) is 9.97 Å². The van der Waals surface area contributed by atoms with Crippen LogP contribution in [-0.2, 0) is 11.8 Å². The average molecular weight is 393 g/mol. The van der Waals surface area contributed by atoms with E-state index in [0.717, 1.165) is 37.2 Å². The minimum atomic E-state index is -0.370. The molecule has 0 spiro atoms. The second-order valence-corrected chi connectivity index (χ2v) is 6.98. The van der Waals surface area contributed by atoms with Gasteiger partial charge in [-0.3, -0.25) is 9.48 Å². The first-order valence-electron chi connectivity index (χ1n) is 9.45. The van der Waals surface area contributed by atoms with Crippen molar-refractivity contribution >= 4 is 23.1 Å². The number of carbonyl (C=O) groups is 1. The predicted molar refractivity (Wildman–Crippen MR) is 111 cm³/mol. The van der Waals surface area contributed by atoms with E-state index in [-0.39, 0.29) is 11.6 Å². The molecule has 0 radical (unpaired) electrons. The summed E-state index contributed by atoms with van der Waals surface area (Å²) in [4.78, 5) is 21.1. The minimum absolute atomic E-state index is 0.216. The van der Waals surface area contributed by atoms with E-state index in [0.29, 0.717) is 23.2 Å². The number of nitrogens with two attached hydrogens (primary N) is 1. The average Bonchev–Trinajstić information content (AvgIpc) is 3.17. The van der Waals surface area contributed by atoms with Crippen LogP contribution >= 0.6 is 0 Å². The summed E-state index contributed by atoms with van der Waals surface area (Å²) in [6, 6.07) is 5.77. The number of aromatic nitrogens is 4. The fraction of sp³-hybridized carbons (Fsp3) is 0.300. The number of hydrogen-bond acceptors (Lipinski definition) is 7. The molecule has 1 aliphatic rings. The molecule has 1 aliphatic heterocycles. The van der Waals surface area contributed by atoms with Gasteiger partial charge in [0.05, 0.1) is 30.0 Å². The standard InChI is InChI=1S/C20H23N7O2/c1-27-12-14(9-24-27)13-2-3-16(21)17(8-13)26-20(28)18-10-23-19(11-22-18)25-15-4-6-29-7-5-15/h2-3,8-12,15H,4-7,21H2,1H3,(H,23,25)(H,26,28). The number of amides is 1. The van der Waals surface area contributed by atoms with Gasteiger partial charge in [-0.1, -0.05) is 6.07 Å². The topological polar surface area (TPSA) is 120 Å². The zero-order valence-electron chi connectivity index (χ0n) is 16.1. The van der Waals surface area contributed by atoms with Crippen LogP contribution in [0, 0.1) is 0 Å². The van der Waals surface area contributed by atoms with Gasteiger partial charge in [0, 0.05) is 38.1 Å². The summed E-state index contributed by atoms with van der Waals surface area (Å²) >= 11 is 0. The molecule has 1 aromatic carbocycles. The second kappa shape index (κ2) is 8.27. The van der Waals surface area contributed by atoms with Crippen LogP contribution in [0.25, 0.3) is 11.1 Å². The van der Waals surface area contributed by atoms with Crippen LogP contribution in [-0.4, -0.2) is 44.9 Å². The van der Waals surface area contributed by atoms with Crippen molar-refractivity contribution in [3.8, 4) is 11.1 Å². The van der Waals surface area contributed by atoms with Crippen LogP contribution in [0.3, 0.4) is 0 Å². The highest BCUT2D eigenvalue weighted by atomic mass is 16.5. The number of aryl methyl sites for hydroxylation is 1. The van der Waals surface area contributed by atoms with Crippen molar-refractivity contribution in [3.05, 3.63) is 48.7 Å². The van der Waals surface area contributed by atoms with Gasteiger partial charge in [0.25, 0.3) is 5.91 Å². The monoisotopic (exact) mass is 393 g/mol. The molecule has 0 atom stereocenters. The summed E-state index contributed by atoms with van der Waals surface area (Å²) in [6.45, 7) is 1.48. The smallest absolute Gasteiger partial charge is 0.275 e. The molecule has 0 aliphatic carbocycles. The lowest BCUT2D eigenvalue weighted by Crippen LogP contribution is -2.28. The van der Waals surface area contributed by atoms with E-state index in [1.807, 2.05) is 25.4 Å². The van der Waals surface area contributed by atoms with Gasteiger partial charge in [0.15, 0.2) is 0 Å². The van der Waals surface area contributed by atoms with E-state index < -0.39 is 0 Å². The first-order valence-corrected chi connectivity index (χ1v) is 9.45. The third-order valence-corrected chi connectivity index (χ3v) is 4.80. The molecule has 4 rings (SSSR count). The fourth-order valence-electron chi connectivity index (χ4n) is 3.17. The summed E-state index contributed by atoms with van der Waals surface area (Å²) in [5.74, 6) is 0.275. The molecular weight excluding hydrogens is 370 g/mol. The number of ether oxygens (including phenoxy) is 1. The van der Waals surface area contributed by atoms with E-state index in [1.54, 1.807) is 23.1 Å². The maximum Gasteiger partial charge on any atom is 0.275 e. The van der Waals surface area contributed by atoms with Crippen molar-refractivity contribution in [2.45, 2.75) is 18.9 Å². The van der Waals surface area contributed by atoms with Crippen molar-refractivity contribution in [2.24, 2.45) is 7.05 Å². The van der Waals surface area contributed by atoms with E-state index in [9.17, 15) is 4.79 Å². The summed E-state index contributed by atoms with van der Waals surface area (Å²) < 4.78 is 7.07. The van der Waals surface area contributed by atoms with Crippen LogP contribution < -0.4 is 16.4 Å². The van der Waals surface area contributed by atoms with Crippen LogP contribution in [0.2, 0.25) is 0 Å². The van der Waals surface area contributed by atoms with Gasteiger partial charge in [-0.15, -0.1) is 0 Å². The van der Waals surface area contributed by atoms with Crippen LogP contribution in [0.15, 0.2) is 43.0 Å². The Morgan fingerprint density at radius 3 is 2.69 bits per heavy atom. The molecule has 150 valence electrons. The van der Waals surface area contributed by atoms with E-state index >= 15 is 0 Å². The van der Waals surface area contributed by atoms with Crippen LogP contribution in [0.1, 0.15) is 23.3 Å². The quantitative estimate of drug-likeness (QED) is 0.569. The molecule has 4 N–H and O–H groups in total. The normalized spacial score (nSPS) is 14.5. The first kappa shape index (κ1) is 18.9. The highest BCUT2D eigenvalue weighted by molar-refractivity contribution is 6.04. The number of benzene rings is 1. The van der Waals surface area contributed by atoms with Gasteiger partial charge in [-0.2, -0.15) is 5.10 Å². The van der Waals surface area contributed by atoms with Crippen molar-refractivity contribution in [1.29, 1.82) is 0 Å². The molecule has 9 nitrogen and oxygen atoms in total. The Morgan fingerprint density at radius 2 is 2.00 bits per heavy atom. The van der Waals surface area contributed by atoms with E-state index in [4.69, 9.17) is 10.5 Å². The maximum atomic E-state index is 12.6. The van der Waals surface area contributed by atoms with Crippen LogP contribution in [0.4, 0.5) is 17.2 Å². The van der Waals surface area contributed by atoms with Crippen molar-refractivity contribution < 1.29 is 9.53 Å². The molecular formula is C20H23N7O2. The number of rotatable bonds is 5. The molecule has 0 bridgehead atoms. The fourth-order valence-corrected chi connectivity index (χ4v) is 3.17. The zero-order chi connectivity index (χ0) is 20.2. The van der Waals surface area contributed by atoms with Gasteiger partial charge in [-0.05, 0) is 30.5 Å². The maximum absolute atomic E-state index is 12.6. The van der Waals surface area contributed by atoms with Crippen LogP contribution in [0.5, 0.6) is 0 Å². The Bertz CT molecular complexity index is 994. The Kier molecular flexibility index (Phi) is 5.39. The van der Waals surface area contributed by atoms with Crippen molar-refractivity contribution in [2.75, 3.05) is 29.6 Å². The largest absolute Gasteiger partial charge is 0.397 e. The van der Waals surface area contributed by atoms with Crippen molar-refractivity contribution in [3.63, 3.8) is 0 Å². The highest BCUT2D eigenvalue weighted by Gasteiger charge is 2.15. The third kappa shape index (κ3) is 4.52. The highest BCUT2D eigenvalue weighted by Crippen LogP contribution is 2.27. The lowest BCUT2D eigenvalue weighted by molar-refractivity contribution is 0.0904. The molecule has 3 heterocycles. The van der Waals surface area contributed by atoms with Gasteiger partial charge in [0.2, 0.25) is 0 Å². The number of carbonyl (C=O) groups excluding carboxylic acids is 1. The third-order valence-electron chi connectivity index (χ3n) is 4.80. The molecule has 29 heavy (non-hydrogen) atoms. The second-order valence-electron chi connectivity index (χ2n) is 6.98. The zero-order valence-corrected chi connectivity index (χ0v) is 16.1. The van der Waals surface area contributed by atoms with Crippen molar-refractivity contribution in [1.82, 2.24) is 19.7 Å². The Balaban J connectivity index is 1.44. The number of nitrogens with one attached hydrogen (secondary N) is 2. The SMILES string of the molecule is Cn1cc(-c2ccc(N)c(NC(=O)c3cnc(NC4CCOCC4)cn3)c2)cn1. The number of nitrogens with zero attached hydrogens (tertiary/aromatic N) is 4. The molecule has 1 amide bonds. The minimum Gasteiger partial charge on any atom is -0.397 e. The molecule has 9 heteroatoms. The molecule has 2 aromatic heterocycles. The lowest BCUT2D eigenvalue weighted by Gasteiger charge is -2.23. The van der Waals surface area contributed by atoms with Gasteiger partial charge in [0.1, 0.15) is 11.5 Å². The predicted octanol–water partition coefficient (Wildman–Crippen LogP) is 2.30. The summed E-state index contributed by atoms with van der Waals surface area (Å²) in [5, 5.41) is 10.3. The molecule has 1 fully saturated rings. The van der Waals surface area contributed by atoms with E-state index in [2.05, 4.69) is 25.7 Å². The summed E-state index contributed by atoms with van der Waals surface area (Å²) in [6.07, 6.45) is 8.53. The van der Waals surface area contributed by atoms with E-state index in [1.165, 1.54) is 6.20 Å². The molecule has 0 unspecified atom stereocenters. The first-order chi connectivity index (χ1) is 14.1. The number of hydrogen-bond donors (Lipinski definition) is 3. The Hall–Kier alpha value is -3.46. The molecule has 0 saturated carbocycles. The van der Waals surface area contributed by atoms with Gasteiger partial charge >= 0.3 is 0 Å². The number of nitrogen functional groups attached to an aromatic ring is 1. The number of anilines is 3. The molecule has 1 saturated heterocycles. The lowest BCUT2D eigenvalue weighted by atomic mass is 10.1. The Morgan fingerprint density at radius 1 is 1.17 bits per heavy atom. The Labute approximate surface area is 168 Å².